The number of benzene rings is 1. The van der Waals surface area contributed by atoms with Gasteiger partial charge >= 0.3 is 0 Å². The fourth-order valence-corrected chi connectivity index (χ4v) is 2.84. The highest BCUT2D eigenvalue weighted by Gasteiger charge is 2.21. The lowest BCUT2D eigenvalue weighted by molar-refractivity contribution is 0.0743. The van der Waals surface area contributed by atoms with Crippen LogP contribution in [0.15, 0.2) is 18.2 Å². The Morgan fingerprint density at radius 3 is 2.81 bits per heavy atom. The van der Waals surface area contributed by atoms with Gasteiger partial charge in [-0.2, -0.15) is 11.8 Å². The molecule has 1 aromatic rings. The van der Waals surface area contributed by atoms with Crippen molar-refractivity contribution in [3.8, 4) is 11.8 Å². The van der Waals surface area contributed by atoms with E-state index in [1.807, 2.05) is 13.2 Å². The van der Waals surface area contributed by atoms with Crippen LogP contribution in [0.3, 0.4) is 0 Å². The molecule has 1 rings (SSSR count). The molecule has 0 aliphatic carbocycles. The van der Waals surface area contributed by atoms with Gasteiger partial charge in [0.2, 0.25) is 0 Å². The molecule has 5 heteroatoms. The summed E-state index contributed by atoms with van der Waals surface area (Å²) in [5.74, 6) is 5.31. The topological polar surface area (TPSA) is 40.5 Å². The first-order valence-corrected chi connectivity index (χ1v) is 8.09. The van der Waals surface area contributed by atoms with Crippen molar-refractivity contribution in [3.63, 3.8) is 0 Å². The number of thioether (sulfide) groups is 1. The first-order valence-electron chi connectivity index (χ1n) is 6.70. The maximum Gasteiger partial charge on any atom is 0.255 e. The molecule has 0 spiro atoms. The summed E-state index contributed by atoms with van der Waals surface area (Å²) in [5.41, 5.74) is 0.666. The van der Waals surface area contributed by atoms with Crippen molar-refractivity contribution >= 4 is 17.7 Å². The van der Waals surface area contributed by atoms with Crippen molar-refractivity contribution < 1.29 is 14.3 Å². The summed E-state index contributed by atoms with van der Waals surface area (Å²) in [6.07, 6.45) is 2.85. The number of aliphatic hydroxyl groups excluding tert-OH is 1. The van der Waals surface area contributed by atoms with Crippen molar-refractivity contribution in [1.82, 2.24) is 4.90 Å². The number of nitrogens with zero attached hydrogens (tertiary/aromatic N) is 1. The standard InChI is InChI=1S/C16H20FNO2S/c1-4-14(11-21-3)18(2)16(20)15-8-7-13(17)10-12(15)6-5-9-19/h7-8,10,14,19H,4,9,11H2,1-3H3. The Kier molecular flexibility index (Phi) is 7.27. The minimum Gasteiger partial charge on any atom is -0.384 e. The zero-order chi connectivity index (χ0) is 15.8. The minimum absolute atomic E-state index is 0.121. The quantitative estimate of drug-likeness (QED) is 0.849. The van der Waals surface area contributed by atoms with Gasteiger partial charge in [-0.1, -0.05) is 18.8 Å². The van der Waals surface area contributed by atoms with Gasteiger partial charge in [0, 0.05) is 24.4 Å². The molecule has 21 heavy (non-hydrogen) atoms. The maximum absolute atomic E-state index is 13.3. The van der Waals surface area contributed by atoms with E-state index in [1.54, 1.807) is 23.7 Å². The normalized spacial score (nSPS) is 11.5. The van der Waals surface area contributed by atoms with Crippen LogP contribution in [0.2, 0.25) is 0 Å². The Morgan fingerprint density at radius 1 is 1.52 bits per heavy atom. The Labute approximate surface area is 129 Å². The molecule has 0 aromatic heterocycles. The lowest BCUT2D eigenvalue weighted by Gasteiger charge is -2.27. The highest BCUT2D eigenvalue weighted by Crippen LogP contribution is 2.16. The van der Waals surface area contributed by atoms with E-state index in [-0.39, 0.29) is 18.6 Å². The third-order valence-electron chi connectivity index (χ3n) is 3.21. The van der Waals surface area contributed by atoms with Crippen LogP contribution in [0, 0.1) is 17.7 Å². The van der Waals surface area contributed by atoms with Gasteiger partial charge in [0.05, 0.1) is 5.56 Å². The van der Waals surface area contributed by atoms with Gasteiger partial charge in [-0.3, -0.25) is 4.79 Å². The summed E-state index contributed by atoms with van der Waals surface area (Å²) in [7, 11) is 1.75. The second-order valence-electron chi connectivity index (χ2n) is 4.58. The Morgan fingerprint density at radius 2 is 2.24 bits per heavy atom. The molecule has 0 fully saturated rings. The number of halogens is 1. The summed E-state index contributed by atoms with van der Waals surface area (Å²) in [6.45, 7) is 1.70. The van der Waals surface area contributed by atoms with E-state index in [2.05, 4.69) is 11.8 Å². The highest BCUT2D eigenvalue weighted by molar-refractivity contribution is 7.98. The summed E-state index contributed by atoms with van der Waals surface area (Å²) >= 11 is 1.68. The first-order chi connectivity index (χ1) is 10.0. The van der Waals surface area contributed by atoms with Crippen LogP contribution < -0.4 is 0 Å². The molecule has 1 atom stereocenters. The molecule has 1 aromatic carbocycles. The van der Waals surface area contributed by atoms with Crippen LogP contribution in [0.25, 0.3) is 0 Å². The summed E-state index contributed by atoms with van der Waals surface area (Å²) < 4.78 is 13.3. The molecular weight excluding hydrogens is 289 g/mol. The van der Waals surface area contributed by atoms with Crippen LogP contribution in [-0.2, 0) is 0 Å². The van der Waals surface area contributed by atoms with E-state index in [1.165, 1.54) is 18.2 Å². The van der Waals surface area contributed by atoms with Crippen molar-refractivity contribution in [2.75, 3.05) is 25.7 Å². The van der Waals surface area contributed by atoms with E-state index >= 15 is 0 Å². The van der Waals surface area contributed by atoms with E-state index in [0.29, 0.717) is 11.1 Å². The van der Waals surface area contributed by atoms with Gasteiger partial charge in [0.1, 0.15) is 12.4 Å². The van der Waals surface area contributed by atoms with Crippen LogP contribution in [0.1, 0.15) is 29.3 Å². The van der Waals surface area contributed by atoms with Crippen LogP contribution >= 0.6 is 11.8 Å². The number of carbonyl (C=O) groups is 1. The average Bonchev–Trinajstić information content (AvgIpc) is 2.49. The van der Waals surface area contributed by atoms with Crippen LogP contribution in [-0.4, -0.2) is 47.6 Å². The van der Waals surface area contributed by atoms with Crippen molar-refractivity contribution in [2.24, 2.45) is 0 Å². The third-order valence-corrected chi connectivity index (χ3v) is 3.93. The lowest BCUT2D eigenvalue weighted by atomic mass is 10.1. The number of aliphatic hydroxyl groups is 1. The summed E-state index contributed by atoms with van der Waals surface area (Å²) in [6, 6.07) is 4.04. The maximum atomic E-state index is 13.3. The molecule has 0 bridgehead atoms. The lowest BCUT2D eigenvalue weighted by Crippen LogP contribution is -2.38. The number of carbonyl (C=O) groups excluding carboxylic acids is 1. The molecule has 1 unspecified atom stereocenters. The fraction of sp³-hybridized carbons (Fsp3) is 0.438. The minimum atomic E-state index is -0.451. The molecule has 0 heterocycles. The molecular formula is C16H20FNO2S. The van der Waals surface area contributed by atoms with Gasteiger partial charge in [-0.15, -0.1) is 0 Å². The zero-order valence-corrected chi connectivity index (χ0v) is 13.3. The van der Waals surface area contributed by atoms with Gasteiger partial charge < -0.3 is 10.0 Å². The average molecular weight is 309 g/mol. The number of amides is 1. The van der Waals surface area contributed by atoms with Crippen molar-refractivity contribution in [2.45, 2.75) is 19.4 Å². The van der Waals surface area contributed by atoms with Crippen LogP contribution in [0.4, 0.5) is 4.39 Å². The molecule has 1 N–H and O–H groups in total. The Hall–Kier alpha value is -1.51. The Bertz CT molecular complexity index is 551. The second kappa shape index (κ2) is 8.71. The molecule has 0 aliphatic rings. The molecule has 0 aliphatic heterocycles. The molecule has 114 valence electrons. The summed E-state index contributed by atoms with van der Waals surface area (Å²) in [5, 5.41) is 8.77. The van der Waals surface area contributed by atoms with E-state index in [9.17, 15) is 9.18 Å². The van der Waals surface area contributed by atoms with Gasteiger partial charge in [0.15, 0.2) is 0 Å². The fourth-order valence-electron chi connectivity index (χ4n) is 1.99. The van der Waals surface area contributed by atoms with Crippen molar-refractivity contribution in [3.05, 3.63) is 35.1 Å². The van der Waals surface area contributed by atoms with Crippen LogP contribution in [0.5, 0.6) is 0 Å². The second-order valence-corrected chi connectivity index (χ2v) is 5.49. The van der Waals surface area contributed by atoms with Gasteiger partial charge in [-0.25, -0.2) is 4.39 Å². The summed E-state index contributed by atoms with van der Waals surface area (Å²) in [4.78, 5) is 14.3. The molecule has 0 saturated carbocycles. The molecule has 0 saturated heterocycles. The van der Waals surface area contributed by atoms with Gasteiger partial charge in [-0.05, 0) is 30.9 Å². The van der Waals surface area contributed by atoms with Gasteiger partial charge in [0.25, 0.3) is 5.91 Å². The highest BCUT2D eigenvalue weighted by atomic mass is 32.2. The van der Waals surface area contributed by atoms with Crippen molar-refractivity contribution in [1.29, 1.82) is 0 Å². The predicted molar refractivity (Wildman–Crippen MR) is 84.9 cm³/mol. The Balaban J connectivity index is 3.11. The van der Waals surface area contributed by atoms with E-state index in [0.717, 1.165) is 12.2 Å². The zero-order valence-electron chi connectivity index (χ0n) is 12.5. The number of hydrogen-bond acceptors (Lipinski definition) is 3. The number of hydrogen-bond donors (Lipinski definition) is 1. The van der Waals surface area contributed by atoms with E-state index in [4.69, 9.17) is 5.11 Å². The van der Waals surface area contributed by atoms with E-state index < -0.39 is 5.82 Å². The first kappa shape index (κ1) is 17.5. The monoisotopic (exact) mass is 309 g/mol. The molecule has 3 nitrogen and oxygen atoms in total. The smallest absolute Gasteiger partial charge is 0.255 e. The number of rotatable bonds is 5. The molecule has 1 amide bonds. The molecule has 0 radical (unpaired) electrons. The third kappa shape index (κ3) is 4.76. The largest absolute Gasteiger partial charge is 0.384 e. The SMILES string of the molecule is CCC(CSC)N(C)C(=O)c1ccc(F)cc1C#CCO. The predicted octanol–water partition coefficient (Wildman–Crippen LogP) is 2.38.